The molecule has 1 amide bonds. The highest BCUT2D eigenvalue weighted by atomic mass is 16.3. The molecule has 0 spiro atoms. The maximum Gasteiger partial charge on any atom is 0.220 e. The lowest BCUT2D eigenvalue weighted by Crippen LogP contribution is -2.45. The van der Waals surface area contributed by atoms with Crippen LogP contribution >= 0.6 is 0 Å². The molecule has 0 saturated carbocycles. The van der Waals surface area contributed by atoms with E-state index in [2.05, 4.69) is 43.5 Å². The average Bonchev–Trinajstić information content (AvgIpc) is 2.97. The Bertz CT molecular complexity index is 628. The molecule has 3 N–H and O–H groups in total. The topological polar surface area (TPSA) is 69.6 Å². The number of hydrogen-bond acceptors (Lipinski definition) is 3. The molecule has 4 nitrogen and oxygen atoms in total. The Labute approximate surface area is 255 Å². The van der Waals surface area contributed by atoms with Crippen LogP contribution in [0.15, 0.2) is 36.5 Å². The summed E-state index contributed by atoms with van der Waals surface area (Å²) >= 11 is 0. The van der Waals surface area contributed by atoms with Gasteiger partial charge in [0, 0.05) is 6.42 Å². The van der Waals surface area contributed by atoms with E-state index in [1.807, 2.05) is 6.08 Å². The summed E-state index contributed by atoms with van der Waals surface area (Å²) in [5.41, 5.74) is 0. The van der Waals surface area contributed by atoms with E-state index in [9.17, 15) is 15.0 Å². The number of aliphatic hydroxyl groups excluding tert-OH is 2. The van der Waals surface area contributed by atoms with Gasteiger partial charge in [-0.2, -0.15) is 0 Å². The van der Waals surface area contributed by atoms with E-state index < -0.39 is 12.1 Å². The first-order valence-electron chi connectivity index (χ1n) is 17.7. The van der Waals surface area contributed by atoms with Crippen molar-refractivity contribution in [2.24, 2.45) is 0 Å². The zero-order valence-electron chi connectivity index (χ0n) is 27.3. The first-order valence-corrected chi connectivity index (χ1v) is 17.7. The van der Waals surface area contributed by atoms with E-state index >= 15 is 0 Å². The van der Waals surface area contributed by atoms with E-state index in [0.717, 1.165) is 32.1 Å². The van der Waals surface area contributed by atoms with Gasteiger partial charge >= 0.3 is 0 Å². The van der Waals surface area contributed by atoms with Crippen molar-refractivity contribution >= 4 is 5.91 Å². The van der Waals surface area contributed by atoms with Gasteiger partial charge in [-0.3, -0.25) is 4.79 Å². The van der Waals surface area contributed by atoms with Crippen molar-refractivity contribution in [1.82, 2.24) is 5.32 Å². The maximum atomic E-state index is 12.3. The number of rotatable bonds is 31. The quantitative estimate of drug-likeness (QED) is 0.0569. The van der Waals surface area contributed by atoms with Gasteiger partial charge in [0.25, 0.3) is 0 Å². The minimum atomic E-state index is -0.837. The van der Waals surface area contributed by atoms with Gasteiger partial charge in [0.15, 0.2) is 0 Å². The monoisotopic (exact) mass is 576 g/mol. The molecule has 2 unspecified atom stereocenters. The van der Waals surface area contributed by atoms with Gasteiger partial charge in [0.05, 0.1) is 18.8 Å². The van der Waals surface area contributed by atoms with Crippen LogP contribution in [-0.4, -0.2) is 34.9 Å². The second-order valence-corrected chi connectivity index (χ2v) is 11.9. The van der Waals surface area contributed by atoms with E-state index in [-0.39, 0.29) is 12.5 Å². The summed E-state index contributed by atoms with van der Waals surface area (Å²) in [6.07, 6.45) is 42.2. The molecular formula is C37H69NO3. The van der Waals surface area contributed by atoms with Crippen LogP contribution in [0, 0.1) is 0 Å². The van der Waals surface area contributed by atoms with Crippen molar-refractivity contribution in [3.63, 3.8) is 0 Å². The Morgan fingerprint density at radius 1 is 0.585 bits per heavy atom. The van der Waals surface area contributed by atoms with E-state index in [1.54, 1.807) is 6.08 Å². The van der Waals surface area contributed by atoms with Crippen LogP contribution in [0.25, 0.3) is 0 Å². The molecule has 0 radical (unpaired) electrons. The summed E-state index contributed by atoms with van der Waals surface area (Å²) in [7, 11) is 0. The first kappa shape index (κ1) is 39.6. The van der Waals surface area contributed by atoms with Gasteiger partial charge in [-0.05, 0) is 51.4 Å². The third-order valence-corrected chi connectivity index (χ3v) is 7.87. The molecule has 0 aromatic carbocycles. The first-order chi connectivity index (χ1) is 20.2. The average molecular weight is 576 g/mol. The molecule has 240 valence electrons. The van der Waals surface area contributed by atoms with E-state index in [1.165, 1.54) is 122 Å². The van der Waals surface area contributed by atoms with Crippen molar-refractivity contribution in [3.8, 4) is 0 Å². The predicted octanol–water partition coefficient (Wildman–Crippen LogP) is 10.3. The summed E-state index contributed by atoms with van der Waals surface area (Å²) < 4.78 is 0. The molecule has 0 saturated heterocycles. The lowest BCUT2D eigenvalue weighted by molar-refractivity contribution is -0.123. The van der Waals surface area contributed by atoms with Gasteiger partial charge in [-0.25, -0.2) is 0 Å². The third kappa shape index (κ3) is 29.9. The highest BCUT2D eigenvalue weighted by Gasteiger charge is 2.17. The molecule has 0 bridgehead atoms. The molecule has 0 aliphatic rings. The number of aliphatic hydroxyl groups is 2. The van der Waals surface area contributed by atoms with Gasteiger partial charge in [0.1, 0.15) is 0 Å². The van der Waals surface area contributed by atoms with Crippen molar-refractivity contribution < 1.29 is 15.0 Å². The number of unbranched alkanes of at least 4 members (excludes halogenated alkanes) is 20. The third-order valence-electron chi connectivity index (χ3n) is 7.87. The number of nitrogens with one attached hydrogen (secondary N) is 1. The Hall–Kier alpha value is -1.39. The molecule has 4 heteroatoms. The largest absolute Gasteiger partial charge is 0.394 e. The number of carbonyl (C=O) groups is 1. The SMILES string of the molecule is CCCCC/C=C\C/C=C\CCCCCCCCCCCC(=O)NC(CO)C(O)/C=C/CCCCCCCCCC. The molecule has 0 aromatic heterocycles. The van der Waals surface area contributed by atoms with Gasteiger partial charge in [0.2, 0.25) is 5.91 Å². The second-order valence-electron chi connectivity index (χ2n) is 11.9. The van der Waals surface area contributed by atoms with Gasteiger partial charge in [-0.1, -0.05) is 153 Å². The van der Waals surface area contributed by atoms with E-state index in [4.69, 9.17) is 0 Å². The minimum Gasteiger partial charge on any atom is -0.394 e. The van der Waals surface area contributed by atoms with Gasteiger partial charge < -0.3 is 15.5 Å². The Balaban J connectivity index is 3.61. The molecule has 41 heavy (non-hydrogen) atoms. The number of amides is 1. The molecule has 0 rings (SSSR count). The van der Waals surface area contributed by atoms with Crippen LogP contribution in [0.2, 0.25) is 0 Å². The molecule has 2 atom stereocenters. The molecular weight excluding hydrogens is 506 g/mol. The molecule has 0 aliphatic carbocycles. The predicted molar refractivity (Wildman–Crippen MR) is 179 cm³/mol. The highest BCUT2D eigenvalue weighted by molar-refractivity contribution is 5.76. The summed E-state index contributed by atoms with van der Waals surface area (Å²) in [4.78, 5) is 12.3. The summed E-state index contributed by atoms with van der Waals surface area (Å²) in [5.74, 6) is -0.0726. The standard InChI is InChI=1S/C37H69NO3/c1-3-5-7-9-11-13-15-16-17-18-19-20-21-22-23-25-27-29-31-33-37(41)38-35(34-39)36(40)32-30-28-26-24-14-12-10-8-6-4-2/h11,13,16-17,30,32,35-36,39-40H,3-10,12,14-15,18-29,31,33-34H2,1-2H3,(H,38,41)/b13-11-,17-16-,32-30+. The second kappa shape index (κ2) is 33.1. The summed E-state index contributed by atoms with van der Waals surface area (Å²) in [6, 6.07) is -0.620. The van der Waals surface area contributed by atoms with Crippen molar-refractivity contribution in [2.75, 3.05) is 6.61 Å². The van der Waals surface area contributed by atoms with Crippen molar-refractivity contribution in [1.29, 1.82) is 0 Å². The Morgan fingerprint density at radius 2 is 1.00 bits per heavy atom. The summed E-state index contributed by atoms with van der Waals surface area (Å²) in [6.45, 7) is 4.25. The van der Waals surface area contributed by atoms with Crippen molar-refractivity contribution in [3.05, 3.63) is 36.5 Å². The fraction of sp³-hybridized carbons (Fsp3) is 0.811. The van der Waals surface area contributed by atoms with Crippen LogP contribution in [0.5, 0.6) is 0 Å². The van der Waals surface area contributed by atoms with Crippen LogP contribution in [0.1, 0.15) is 174 Å². The Morgan fingerprint density at radius 3 is 1.51 bits per heavy atom. The smallest absolute Gasteiger partial charge is 0.220 e. The van der Waals surface area contributed by atoms with Gasteiger partial charge in [-0.15, -0.1) is 0 Å². The van der Waals surface area contributed by atoms with Crippen molar-refractivity contribution in [2.45, 2.75) is 187 Å². The molecule has 0 aromatic rings. The molecule has 0 fully saturated rings. The zero-order chi connectivity index (χ0) is 30.1. The lowest BCUT2D eigenvalue weighted by atomic mass is 10.0. The number of carbonyl (C=O) groups excluding carboxylic acids is 1. The van der Waals surface area contributed by atoms with Crippen LogP contribution < -0.4 is 5.32 Å². The number of hydrogen-bond donors (Lipinski definition) is 3. The minimum absolute atomic E-state index is 0.0726. The Kier molecular flexibility index (Phi) is 32.0. The van der Waals surface area contributed by atoms with E-state index in [0.29, 0.717) is 6.42 Å². The molecule has 0 heterocycles. The van der Waals surface area contributed by atoms with Crippen LogP contribution in [-0.2, 0) is 4.79 Å². The lowest BCUT2D eigenvalue weighted by Gasteiger charge is -2.20. The normalized spacial score (nSPS) is 13.6. The number of allylic oxidation sites excluding steroid dienone is 5. The summed E-state index contributed by atoms with van der Waals surface area (Å²) in [5, 5.41) is 22.8. The fourth-order valence-corrected chi connectivity index (χ4v) is 5.09. The highest BCUT2D eigenvalue weighted by Crippen LogP contribution is 2.13. The maximum absolute atomic E-state index is 12.3. The van der Waals surface area contributed by atoms with Crippen LogP contribution in [0.4, 0.5) is 0 Å². The van der Waals surface area contributed by atoms with Crippen LogP contribution in [0.3, 0.4) is 0 Å². The zero-order valence-corrected chi connectivity index (χ0v) is 27.3. The fourth-order valence-electron chi connectivity index (χ4n) is 5.09. The molecule has 0 aliphatic heterocycles.